The van der Waals surface area contributed by atoms with Crippen LogP contribution in [0.15, 0.2) is 22.7 Å². The van der Waals surface area contributed by atoms with Gasteiger partial charge in [-0.1, -0.05) is 25.0 Å². The Bertz CT molecular complexity index is 372. The normalized spacial score (nSPS) is 16.9. The SMILES string of the molecule is CN(Cc1cccc(N)c1Br)CC1CCCC1. The maximum absolute atomic E-state index is 5.89. The summed E-state index contributed by atoms with van der Waals surface area (Å²) >= 11 is 3.57. The van der Waals surface area contributed by atoms with Crippen LogP contribution in [0.5, 0.6) is 0 Å². The van der Waals surface area contributed by atoms with E-state index < -0.39 is 0 Å². The highest BCUT2D eigenvalue weighted by molar-refractivity contribution is 9.10. The zero-order valence-corrected chi connectivity index (χ0v) is 12.0. The van der Waals surface area contributed by atoms with Crippen LogP contribution in [0.4, 0.5) is 5.69 Å². The molecule has 1 aromatic rings. The van der Waals surface area contributed by atoms with E-state index in [-0.39, 0.29) is 0 Å². The van der Waals surface area contributed by atoms with Crippen molar-refractivity contribution in [1.82, 2.24) is 4.90 Å². The molecule has 0 amide bonds. The molecule has 2 N–H and O–H groups in total. The van der Waals surface area contributed by atoms with E-state index in [2.05, 4.69) is 33.9 Å². The van der Waals surface area contributed by atoms with Gasteiger partial charge in [0, 0.05) is 23.2 Å². The molecule has 1 fully saturated rings. The van der Waals surface area contributed by atoms with Crippen LogP contribution in [0.25, 0.3) is 0 Å². The third kappa shape index (κ3) is 3.46. The van der Waals surface area contributed by atoms with Gasteiger partial charge in [-0.2, -0.15) is 0 Å². The Labute approximate surface area is 112 Å². The van der Waals surface area contributed by atoms with Gasteiger partial charge in [-0.15, -0.1) is 0 Å². The van der Waals surface area contributed by atoms with Crippen molar-refractivity contribution < 1.29 is 0 Å². The Morgan fingerprint density at radius 2 is 2.06 bits per heavy atom. The molecule has 0 unspecified atom stereocenters. The summed E-state index contributed by atoms with van der Waals surface area (Å²) in [6, 6.07) is 6.11. The van der Waals surface area contributed by atoms with Gasteiger partial charge in [-0.3, -0.25) is 0 Å². The first-order valence-corrected chi connectivity index (χ1v) is 7.17. The Morgan fingerprint density at radius 3 is 2.76 bits per heavy atom. The third-order valence-electron chi connectivity index (χ3n) is 3.59. The lowest BCUT2D eigenvalue weighted by molar-refractivity contribution is 0.271. The lowest BCUT2D eigenvalue weighted by atomic mass is 10.1. The molecule has 0 radical (unpaired) electrons. The van der Waals surface area contributed by atoms with Gasteiger partial charge >= 0.3 is 0 Å². The molecule has 2 rings (SSSR count). The minimum atomic E-state index is 0.830. The molecule has 0 bridgehead atoms. The zero-order chi connectivity index (χ0) is 12.3. The van der Waals surface area contributed by atoms with Gasteiger partial charge < -0.3 is 10.6 Å². The highest BCUT2D eigenvalue weighted by Gasteiger charge is 2.17. The van der Waals surface area contributed by atoms with Crippen molar-refractivity contribution in [1.29, 1.82) is 0 Å². The standard InChI is InChI=1S/C14H21BrN2/c1-17(9-11-5-2-3-6-11)10-12-7-4-8-13(16)14(12)15/h4,7-8,11H,2-3,5-6,9-10,16H2,1H3. The van der Waals surface area contributed by atoms with Crippen molar-refractivity contribution in [2.75, 3.05) is 19.3 Å². The first kappa shape index (κ1) is 12.9. The first-order chi connectivity index (χ1) is 8.16. The number of benzene rings is 1. The van der Waals surface area contributed by atoms with Crippen molar-refractivity contribution in [3.05, 3.63) is 28.2 Å². The van der Waals surface area contributed by atoms with E-state index in [0.717, 1.165) is 22.6 Å². The molecule has 1 saturated carbocycles. The number of hydrogen-bond acceptors (Lipinski definition) is 2. The summed E-state index contributed by atoms with van der Waals surface area (Å²) in [5.74, 6) is 0.903. The average Bonchev–Trinajstić information content (AvgIpc) is 2.77. The van der Waals surface area contributed by atoms with Gasteiger partial charge in [0.2, 0.25) is 0 Å². The van der Waals surface area contributed by atoms with Crippen molar-refractivity contribution >= 4 is 21.6 Å². The molecule has 2 nitrogen and oxygen atoms in total. The maximum Gasteiger partial charge on any atom is 0.0461 e. The molecule has 0 spiro atoms. The van der Waals surface area contributed by atoms with Gasteiger partial charge in [-0.05, 0) is 53.4 Å². The Hall–Kier alpha value is -0.540. The van der Waals surface area contributed by atoms with E-state index >= 15 is 0 Å². The van der Waals surface area contributed by atoms with Gasteiger partial charge in [-0.25, -0.2) is 0 Å². The summed E-state index contributed by atoms with van der Waals surface area (Å²) < 4.78 is 1.05. The monoisotopic (exact) mass is 296 g/mol. The van der Waals surface area contributed by atoms with E-state index in [0.29, 0.717) is 0 Å². The first-order valence-electron chi connectivity index (χ1n) is 6.38. The highest BCUT2D eigenvalue weighted by atomic mass is 79.9. The van der Waals surface area contributed by atoms with E-state index in [1.165, 1.54) is 37.8 Å². The second-order valence-corrected chi connectivity index (χ2v) is 5.96. The van der Waals surface area contributed by atoms with E-state index in [4.69, 9.17) is 5.73 Å². The van der Waals surface area contributed by atoms with Crippen LogP contribution >= 0.6 is 15.9 Å². The summed E-state index contributed by atoms with van der Waals surface area (Å²) in [7, 11) is 2.20. The largest absolute Gasteiger partial charge is 0.398 e. The molecule has 3 heteroatoms. The molecular weight excluding hydrogens is 276 g/mol. The minimum Gasteiger partial charge on any atom is -0.398 e. The maximum atomic E-state index is 5.89. The van der Waals surface area contributed by atoms with Crippen LogP contribution in [0.2, 0.25) is 0 Å². The van der Waals surface area contributed by atoms with Crippen LogP contribution < -0.4 is 5.73 Å². The molecule has 94 valence electrons. The fourth-order valence-electron chi connectivity index (χ4n) is 2.71. The van der Waals surface area contributed by atoms with Gasteiger partial charge in [0.25, 0.3) is 0 Å². The summed E-state index contributed by atoms with van der Waals surface area (Å²) in [6.07, 6.45) is 5.64. The molecule has 1 aliphatic carbocycles. The summed E-state index contributed by atoms with van der Waals surface area (Å²) in [4.78, 5) is 2.41. The number of hydrogen-bond donors (Lipinski definition) is 1. The number of nitrogens with two attached hydrogens (primary N) is 1. The highest BCUT2D eigenvalue weighted by Crippen LogP contribution is 2.27. The van der Waals surface area contributed by atoms with Crippen molar-refractivity contribution in [3.63, 3.8) is 0 Å². The van der Waals surface area contributed by atoms with Crippen molar-refractivity contribution in [2.45, 2.75) is 32.2 Å². The van der Waals surface area contributed by atoms with E-state index in [9.17, 15) is 0 Å². The molecule has 0 saturated heterocycles. The van der Waals surface area contributed by atoms with Crippen LogP contribution in [0, 0.1) is 5.92 Å². The molecule has 17 heavy (non-hydrogen) atoms. The molecule has 0 aliphatic heterocycles. The molecule has 0 heterocycles. The van der Waals surface area contributed by atoms with Gasteiger partial charge in [0.15, 0.2) is 0 Å². The molecule has 1 aromatic carbocycles. The van der Waals surface area contributed by atoms with Crippen LogP contribution in [-0.4, -0.2) is 18.5 Å². The minimum absolute atomic E-state index is 0.830. The Balaban J connectivity index is 1.93. The fourth-order valence-corrected chi connectivity index (χ4v) is 3.10. The summed E-state index contributed by atoms with van der Waals surface area (Å²) in [5, 5.41) is 0. The predicted molar refractivity (Wildman–Crippen MR) is 76.8 cm³/mol. The second-order valence-electron chi connectivity index (χ2n) is 5.17. The van der Waals surface area contributed by atoms with Crippen LogP contribution in [0.3, 0.4) is 0 Å². The zero-order valence-electron chi connectivity index (χ0n) is 10.5. The summed E-state index contributed by atoms with van der Waals surface area (Å²) in [5.41, 5.74) is 8.01. The van der Waals surface area contributed by atoms with E-state index in [1.807, 2.05) is 12.1 Å². The number of rotatable bonds is 4. The number of anilines is 1. The Morgan fingerprint density at radius 1 is 1.35 bits per heavy atom. The van der Waals surface area contributed by atoms with Gasteiger partial charge in [0.05, 0.1) is 0 Å². The van der Waals surface area contributed by atoms with Crippen LogP contribution in [-0.2, 0) is 6.54 Å². The predicted octanol–water partition coefficient (Wildman–Crippen LogP) is 3.65. The van der Waals surface area contributed by atoms with Crippen molar-refractivity contribution in [3.8, 4) is 0 Å². The van der Waals surface area contributed by atoms with Crippen LogP contribution in [0.1, 0.15) is 31.2 Å². The Kier molecular flexibility index (Phi) is 4.46. The lowest BCUT2D eigenvalue weighted by Crippen LogP contribution is -2.24. The van der Waals surface area contributed by atoms with Crippen molar-refractivity contribution in [2.24, 2.45) is 5.92 Å². The second kappa shape index (κ2) is 5.87. The molecule has 0 atom stereocenters. The van der Waals surface area contributed by atoms with Gasteiger partial charge in [0.1, 0.15) is 0 Å². The smallest absolute Gasteiger partial charge is 0.0461 e. The number of nitrogen functional groups attached to an aromatic ring is 1. The van der Waals surface area contributed by atoms with E-state index in [1.54, 1.807) is 0 Å². The molecule has 0 aromatic heterocycles. The molecule has 1 aliphatic rings. The lowest BCUT2D eigenvalue weighted by Gasteiger charge is -2.21. The third-order valence-corrected chi connectivity index (χ3v) is 4.56. The fraction of sp³-hybridized carbons (Fsp3) is 0.571. The topological polar surface area (TPSA) is 29.3 Å². The molecular formula is C14H21BrN2. The number of nitrogens with zero attached hydrogens (tertiary/aromatic N) is 1. The number of halogens is 1. The average molecular weight is 297 g/mol. The summed E-state index contributed by atoms with van der Waals surface area (Å²) in [6.45, 7) is 2.18. The quantitative estimate of drug-likeness (QED) is 0.860.